The zero-order chi connectivity index (χ0) is 19.1. The minimum Gasteiger partial charge on any atom is -0.490 e. The van der Waals surface area contributed by atoms with Gasteiger partial charge >= 0.3 is 0 Å². The summed E-state index contributed by atoms with van der Waals surface area (Å²) in [5.41, 5.74) is 2.00. The number of hydrogen-bond donors (Lipinski definition) is 1. The van der Waals surface area contributed by atoms with Gasteiger partial charge in [-0.25, -0.2) is 4.39 Å². The third-order valence-corrected chi connectivity index (χ3v) is 5.53. The van der Waals surface area contributed by atoms with Crippen LogP contribution in [0.1, 0.15) is 22.9 Å². The van der Waals surface area contributed by atoms with Crippen LogP contribution in [-0.2, 0) is 19.7 Å². The van der Waals surface area contributed by atoms with E-state index in [-0.39, 0.29) is 5.82 Å². The van der Waals surface area contributed by atoms with Gasteiger partial charge in [-0.2, -0.15) is 0 Å². The van der Waals surface area contributed by atoms with Gasteiger partial charge in [0.2, 0.25) is 0 Å². The molecule has 142 valence electrons. The third kappa shape index (κ3) is 5.79. The molecule has 0 aliphatic rings. The number of nitrogens with one attached hydrogen (secondary N) is 1. The number of rotatable bonds is 9. The van der Waals surface area contributed by atoms with E-state index < -0.39 is 0 Å². The van der Waals surface area contributed by atoms with Gasteiger partial charge in [-0.15, -0.1) is 11.3 Å². The fourth-order valence-electron chi connectivity index (χ4n) is 2.57. The third-order valence-electron chi connectivity index (χ3n) is 3.91. The molecule has 2 aromatic carbocycles. The molecule has 0 amide bonds. The first-order chi connectivity index (χ1) is 13.2. The first-order valence-electron chi connectivity index (χ1n) is 8.71. The highest BCUT2D eigenvalue weighted by atomic mass is 79.9. The normalized spacial score (nSPS) is 10.8. The van der Waals surface area contributed by atoms with Crippen LogP contribution >= 0.6 is 27.3 Å². The molecule has 1 aromatic heterocycles. The predicted octanol–water partition coefficient (Wildman–Crippen LogP) is 5.92. The minimum absolute atomic E-state index is 0.254. The molecule has 3 nitrogen and oxygen atoms in total. The molecule has 6 heteroatoms. The van der Waals surface area contributed by atoms with Gasteiger partial charge < -0.3 is 14.8 Å². The maximum Gasteiger partial charge on any atom is 0.162 e. The summed E-state index contributed by atoms with van der Waals surface area (Å²) in [6.07, 6.45) is 0. The monoisotopic (exact) mass is 449 g/mol. The van der Waals surface area contributed by atoms with Crippen molar-refractivity contribution in [3.05, 3.63) is 80.2 Å². The van der Waals surface area contributed by atoms with Crippen LogP contribution in [0.5, 0.6) is 11.5 Å². The Hall–Kier alpha value is -1.89. The second-order valence-corrected chi connectivity index (χ2v) is 7.81. The predicted molar refractivity (Wildman–Crippen MR) is 111 cm³/mol. The Morgan fingerprint density at radius 1 is 1.04 bits per heavy atom. The average Bonchev–Trinajstić information content (AvgIpc) is 3.18. The number of thiophene rings is 1. The van der Waals surface area contributed by atoms with Crippen molar-refractivity contribution in [2.45, 2.75) is 26.6 Å². The Labute approximate surface area is 171 Å². The molecule has 0 fully saturated rings. The largest absolute Gasteiger partial charge is 0.490 e. The van der Waals surface area contributed by atoms with Crippen molar-refractivity contribution in [2.24, 2.45) is 0 Å². The first kappa shape index (κ1) is 19.9. The summed E-state index contributed by atoms with van der Waals surface area (Å²) in [4.78, 5) is 1.30. The second kappa shape index (κ2) is 9.88. The molecule has 0 aliphatic carbocycles. The van der Waals surface area contributed by atoms with Crippen molar-refractivity contribution < 1.29 is 13.9 Å². The van der Waals surface area contributed by atoms with Crippen LogP contribution in [0.2, 0.25) is 0 Å². The fourth-order valence-corrected chi connectivity index (χ4v) is 3.71. The van der Waals surface area contributed by atoms with Gasteiger partial charge in [0.25, 0.3) is 0 Å². The van der Waals surface area contributed by atoms with E-state index in [9.17, 15) is 4.39 Å². The molecule has 0 bridgehead atoms. The molecule has 0 saturated heterocycles. The van der Waals surface area contributed by atoms with Gasteiger partial charge in [-0.3, -0.25) is 0 Å². The number of hydrogen-bond acceptors (Lipinski definition) is 4. The van der Waals surface area contributed by atoms with E-state index in [1.165, 1.54) is 17.0 Å². The van der Waals surface area contributed by atoms with Crippen LogP contribution in [0.4, 0.5) is 4.39 Å². The Kier molecular flexibility index (Phi) is 7.26. The van der Waals surface area contributed by atoms with E-state index in [1.807, 2.05) is 19.1 Å². The lowest BCUT2D eigenvalue weighted by Crippen LogP contribution is -2.12. The zero-order valence-corrected chi connectivity index (χ0v) is 17.4. The molecular weight excluding hydrogens is 429 g/mol. The van der Waals surface area contributed by atoms with E-state index in [1.54, 1.807) is 23.5 Å². The molecule has 0 radical (unpaired) electrons. The topological polar surface area (TPSA) is 30.5 Å². The molecule has 3 aromatic rings. The maximum absolute atomic E-state index is 13.0. The standard InChI is InChI=1S/C21H21BrFNO2S/c1-2-25-20-10-16(12-24-13-18-4-3-9-27-18)19(22)11-21(20)26-14-15-5-7-17(23)8-6-15/h3-11,24H,2,12-14H2,1H3. The summed E-state index contributed by atoms with van der Waals surface area (Å²) in [5, 5.41) is 5.52. The lowest BCUT2D eigenvalue weighted by atomic mass is 10.2. The first-order valence-corrected chi connectivity index (χ1v) is 10.4. The Morgan fingerprint density at radius 2 is 1.81 bits per heavy atom. The smallest absolute Gasteiger partial charge is 0.162 e. The average molecular weight is 450 g/mol. The SMILES string of the molecule is CCOc1cc(CNCc2cccs2)c(Br)cc1OCc1ccc(F)cc1. The molecule has 1 heterocycles. The van der Waals surface area contributed by atoms with E-state index in [0.717, 1.165) is 28.7 Å². The highest BCUT2D eigenvalue weighted by Crippen LogP contribution is 2.34. The Balaban J connectivity index is 1.67. The number of halogens is 2. The van der Waals surface area contributed by atoms with Gasteiger partial charge in [0.1, 0.15) is 12.4 Å². The molecular formula is C21H21BrFNO2S. The lowest BCUT2D eigenvalue weighted by molar-refractivity contribution is 0.268. The highest BCUT2D eigenvalue weighted by molar-refractivity contribution is 9.10. The van der Waals surface area contributed by atoms with Crippen molar-refractivity contribution in [1.82, 2.24) is 5.32 Å². The van der Waals surface area contributed by atoms with E-state index in [2.05, 4.69) is 38.8 Å². The molecule has 0 aliphatic heterocycles. The van der Waals surface area contributed by atoms with Gasteiger partial charge in [-0.05, 0) is 53.8 Å². The van der Waals surface area contributed by atoms with Crippen molar-refractivity contribution >= 4 is 27.3 Å². The minimum atomic E-state index is -0.254. The number of ether oxygens (including phenoxy) is 2. The van der Waals surface area contributed by atoms with Crippen LogP contribution in [0.15, 0.2) is 58.4 Å². The summed E-state index contributed by atoms with van der Waals surface area (Å²) >= 11 is 5.36. The molecule has 3 rings (SSSR count). The van der Waals surface area contributed by atoms with E-state index >= 15 is 0 Å². The number of benzene rings is 2. The van der Waals surface area contributed by atoms with Crippen molar-refractivity contribution in [1.29, 1.82) is 0 Å². The van der Waals surface area contributed by atoms with Crippen LogP contribution in [-0.4, -0.2) is 6.61 Å². The van der Waals surface area contributed by atoms with Gasteiger partial charge in [-0.1, -0.05) is 34.1 Å². The van der Waals surface area contributed by atoms with Gasteiger partial charge in [0, 0.05) is 22.4 Å². The van der Waals surface area contributed by atoms with Crippen molar-refractivity contribution in [2.75, 3.05) is 6.61 Å². The van der Waals surface area contributed by atoms with Crippen molar-refractivity contribution in [3.8, 4) is 11.5 Å². The summed E-state index contributed by atoms with van der Waals surface area (Å²) in [7, 11) is 0. The van der Waals surface area contributed by atoms with E-state index in [4.69, 9.17) is 9.47 Å². The maximum atomic E-state index is 13.0. The lowest BCUT2D eigenvalue weighted by Gasteiger charge is -2.15. The fraction of sp³-hybridized carbons (Fsp3) is 0.238. The zero-order valence-electron chi connectivity index (χ0n) is 15.0. The molecule has 0 spiro atoms. The second-order valence-electron chi connectivity index (χ2n) is 5.92. The summed E-state index contributed by atoms with van der Waals surface area (Å²) in [5.74, 6) is 1.11. The van der Waals surface area contributed by atoms with Crippen molar-refractivity contribution in [3.63, 3.8) is 0 Å². The Bertz CT molecular complexity index is 853. The van der Waals surface area contributed by atoms with Crippen LogP contribution < -0.4 is 14.8 Å². The summed E-state index contributed by atoms with van der Waals surface area (Å²) in [6, 6.07) is 14.4. The van der Waals surface area contributed by atoms with Crippen LogP contribution in [0.25, 0.3) is 0 Å². The molecule has 0 saturated carbocycles. The quantitative estimate of drug-likeness (QED) is 0.439. The van der Waals surface area contributed by atoms with E-state index in [0.29, 0.717) is 24.7 Å². The molecule has 0 unspecified atom stereocenters. The summed E-state index contributed by atoms with van der Waals surface area (Å²) in [6.45, 7) is 4.40. The summed E-state index contributed by atoms with van der Waals surface area (Å²) < 4.78 is 25.7. The highest BCUT2D eigenvalue weighted by Gasteiger charge is 2.11. The van der Waals surface area contributed by atoms with Gasteiger partial charge in [0.15, 0.2) is 11.5 Å². The van der Waals surface area contributed by atoms with Crippen LogP contribution in [0, 0.1) is 5.82 Å². The van der Waals surface area contributed by atoms with Crippen LogP contribution in [0.3, 0.4) is 0 Å². The molecule has 0 atom stereocenters. The Morgan fingerprint density at radius 3 is 2.52 bits per heavy atom. The molecule has 27 heavy (non-hydrogen) atoms. The van der Waals surface area contributed by atoms with Gasteiger partial charge in [0.05, 0.1) is 6.61 Å². The molecule has 1 N–H and O–H groups in total.